The summed E-state index contributed by atoms with van der Waals surface area (Å²) in [6.07, 6.45) is 2.64. The van der Waals surface area contributed by atoms with E-state index in [2.05, 4.69) is 17.1 Å². The Morgan fingerprint density at radius 3 is 2.62 bits per heavy atom. The Morgan fingerprint density at radius 2 is 1.90 bits per heavy atom. The molecule has 0 radical (unpaired) electrons. The monoisotopic (exact) mass is 290 g/mol. The van der Waals surface area contributed by atoms with E-state index >= 15 is 0 Å². The SMILES string of the molecule is Cc1ccc(CC(=O)NCCCCN2CCOCC2)cc1. The predicted octanol–water partition coefficient (Wildman–Crippen LogP) is 1.77. The minimum absolute atomic E-state index is 0.116. The lowest BCUT2D eigenvalue weighted by Gasteiger charge is -2.26. The minimum Gasteiger partial charge on any atom is -0.379 e. The summed E-state index contributed by atoms with van der Waals surface area (Å²) in [4.78, 5) is 14.3. The Kier molecular flexibility index (Phi) is 6.70. The van der Waals surface area contributed by atoms with Crippen molar-refractivity contribution >= 4 is 5.91 Å². The van der Waals surface area contributed by atoms with Crippen molar-refractivity contribution < 1.29 is 9.53 Å². The number of amides is 1. The van der Waals surface area contributed by atoms with E-state index in [-0.39, 0.29) is 5.91 Å². The first kappa shape index (κ1) is 16.0. The van der Waals surface area contributed by atoms with E-state index in [4.69, 9.17) is 4.74 Å². The third-order valence-corrected chi connectivity index (χ3v) is 3.81. The first-order chi connectivity index (χ1) is 10.2. The number of carbonyl (C=O) groups excluding carboxylic acids is 1. The largest absolute Gasteiger partial charge is 0.379 e. The third-order valence-electron chi connectivity index (χ3n) is 3.81. The second kappa shape index (κ2) is 8.80. The summed E-state index contributed by atoms with van der Waals surface area (Å²) in [5.74, 6) is 0.116. The number of hydrogen-bond donors (Lipinski definition) is 1. The molecule has 21 heavy (non-hydrogen) atoms. The van der Waals surface area contributed by atoms with E-state index in [9.17, 15) is 4.79 Å². The molecular weight excluding hydrogens is 264 g/mol. The van der Waals surface area contributed by atoms with Crippen LogP contribution in [0.5, 0.6) is 0 Å². The van der Waals surface area contributed by atoms with Crippen LogP contribution in [0.1, 0.15) is 24.0 Å². The molecular formula is C17H26N2O2. The Balaban J connectivity index is 1.53. The molecule has 1 aliphatic rings. The van der Waals surface area contributed by atoms with Crippen LogP contribution in [0.2, 0.25) is 0 Å². The normalized spacial score (nSPS) is 15.9. The first-order valence-electron chi connectivity index (χ1n) is 7.86. The van der Waals surface area contributed by atoms with Crippen molar-refractivity contribution in [3.05, 3.63) is 35.4 Å². The first-order valence-corrected chi connectivity index (χ1v) is 7.86. The van der Waals surface area contributed by atoms with Gasteiger partial charge in [0.05, 0.1) is 19.6 Å². The summed E-state index contributed by atoms with van der Waals surface area (Å²) in [6.45, 7) is 7.73. The molecule has 0 aliphatic carbocycles. The number of hydrogen-bond acceptors (Lipinski definition) is 3. The van der Waals surface area contributed by atoms with Gasteiger partial charge >= 0.3 is 0 Å². The van der Waals surface area contributed by atoms with Crippen LogP contribution in [0, 0.1) is 6.92 Å². The topological polar surface area (TPSA) is 41.6 Å². The molecule has 1 aromatic rings. The quantitative estimate of drug-likeness (QED) is 0.778. The molecule has 1 N–H and O–H groups in total. The van der Waals surface area contributed by atoms with Crippen molar-refractivity contribution in [1.82, 2.24) is 10.2 Å². The molecule has 2 rings (SSSR count). The maximum Gasteiger partial charge on any atom is 0.224 e. The van der Waals surface area contributed by atoms with Gasteiger partial charge < -0.3 is 10.1 Å². The molecule has 1 aliphatic heterocycles. The van der Waals surface area contributed by atoms with Crippen LogP contribution < -0.4 is 5.32 Å². The second-order valence-electron chi connectivity index (χ2n) is 5.67. The highest BCUT2D eigenvalue weighted by Gasteiger charge is 2.09. The molecule has 1 saturated heterocycles. The maximum atomic E-state index is 11.8. The highest BCUT2D eigenvalue weighted by atomic mass is 16.5. The molecule has 0 spiro atoms. The Labute approximate surface area is 127 Å². The van der Waals surface area contributed by atoms with Crippen molar-refractivity contribution in [2.75, 3.05) is 39.4 Å². The number of ether oxygens (including phenoxy) is 1. The summed E-state index contributed by atoms with van der Waals surface area (Å²) in [7, 11) is 0. The van der Waals surface area contributed by atoms with Crippen LogP contribution >= 0.6 is 0 Å². The minimum atomic E-state index is 0.116. The highest BCUT2D eigenvalue weighted by Crippen LogP contribution is 2.04. The van der Waals surface area contributed by atoms with Crippen LogP contribution in [0.4, 0.5) is 0 Å². The zero-order chi connectivity index (χ0) is 14.9. The summed E-state index contributed by atoms with van der Waals surface area (Å²) in [6, 6.07) is 8.14. The van der Waals surface area contributed by atoms with Crippen molar-refractivity contribution in [2.24, 2.45) is 0 Å². The standard InChI is InChI=1S/C17H26N2O2/c1-15-4-6-16(7-5-15)14-17(20)18-8-2-3-9-19-10-12-21-13-11-19/h4-7H,2-3,8-14H2,1H3,(H,18,20). The van der Waals surface area contributed by atoms with E-state index in [1.165, 1.54) is 5.56 Å². The molecule has 1 heterocycles. The fraction of sp³-hybridized carbons (Fsp3) is 0.588. The molecule has 0 saturated carbocycles. The number of carbonyl (C=O) groups is 1. The van der Waals surface area contributed by atoms with Crippen molar-refractivity contribution in [3.63, 3.8) is 0 Å². The van der Waals surface area contributed by atoms with E-state index in [0.29, 0.717) is 6.42 Å². The van der Waals surface area contributed by atoms with Gasteiger partial charge in [-0.15, -0.1) is 0 Å². The van der Waals surface area contributed by atoms with Crippen LogP contribution in [-0.4, -0.2) is 50.2 Å². The van der Waals surface area contributed by atoms with Gasteiger partial charge in [-0.3, -0.25) is 9.69 Å². The van der Waals surface area contributed by atoms with E-state index in [1.54, 1.807) is 0 Å². The molecule has 0 aromatic heterocycles. The molecule has 1 amide bonds. The van der Waals surface area contributed by atoms with Gasteiger partial charge in [0.2, 0.25) is 5.91 Å². The Hall–Kier alpha value is -1.39. The molecule has 0 bridgehead atoms. The van der Waals surface area contributed by atoms with Gasteiger partial charge in [-0.25, -0.2) is 0 Å². The molecule has 0 atom stereocenters. The van der Waals surface area contributed by atoms with E-state index in [0.717, 1.165) is 57.8 Å². The van der Waals surface area contributed by atoms with Crippen LogP contribution in [0.15, 0.2) is 24.3 Å². The van der Waals surface area contributed by atoms with Crippen molar-refractivity contribution in [2.45, 2.75) is 26.2 Å². The molecule has 116 valence electrons. The van der Waals surface area contributed by atoms with Crippen molar-refractivity contribution in [1.29, 1.82) is 0 Å². The number of aryl methyl sites for hydroxylation is 1. The number of nitrogens with one attached hydrogen (secondary N) is 1. The van der Waals surface area contributed by atoms with Crippen molar-refractivity contribution in [3.8, 4) is 0 Å². The number of morpholine rings is 1. The lowest BCUT2D eigenvalue weighted by molar-refractivity contribution is -0.120. The third kappa shape index (κ3) is 6.27. The van der Waals surface area contributed by atoms with Crippen LogP contribution in [0.25, 0.3) is 0 Å². The smallest absolute Gasteiger partial charge is 0.224 e. The van der Waals surface area contributed by atoms with Gasteiger partial charge in [-0.1, -0.05) is 29.8 Å². The fourth-order valence-electron chi connectivity index (χ4n) is 2.47. The molecule has 0 unspecified atom stereocenters. The Bertz CT molecular complexity index is 425. The number of rotatable bonds is 7. The van der Waals surface area contributed by atoms with Gasteiger partial charge in [-0.05, 0) is 31.9 Å². The van der Waals surface area contributed by atoms with Gasteiger partial charge in [-0.2, -0.15) is 0 Å². The zero-order valence-corrected chi connectivity index (χ0v) is 12.9. The van der Waals surface area contributed by atoms with Gasteiger partial charge in [0.1, 0.15) is 0 Å². The number of benzene rings is 1. The van der Waals surface area contributed by atoms with Gasteiger partial charge in [0.25, 0.3) is 0 Å². The van der Waals surface area contributed by atoms with E-state index < -0.39 is 0 Å². The molecule has 1 fully saturated rings. The number of nitrogens with zero attached hydrogens (tertiary/aromatic N) is 1. The lowest BCUT2D eigenvalue weighted by atomic mass is 10.1. The summed E-state index contributed by atoms with van der Waals surface area (Å²) >= 11 is 0. The second-order valence-corrected chi connectivity index (χ2v) is 5.67. The van der Waals surface area contributed by atoms with E-state index in [1.807, 2.05) is 24.3 Å². The fourth-order valence-corrected chi connectivity index (χ4v) is 2.47. The molecule has 4 nitrogen and oxygen atoms in total. The zero-order valence-electron chi connectivity index (χ0n) is 12.9. The van der Waals surface area contributed by atoms with Crippen LogP contribution in [0.3, 0.4) is 0 Å². The number of unbranched alkanes of at least 4 members (excludes halogenated alkanes) is 1. The molecule has 4 heteroatoms. The maximum absolute atomic E-state index is 11.8. The van der Waals surface area contributed by atoms with Gasteiger partial charge in [0.15, 0.2) is 0 Å². The predicted molar refractivity (Wildman–Crippen MR) is 84.4 cm³/mol. The Morgan fingerprint density at radius 1 is 1.19 bits per heavy atom. The lowest BCUT2D eigenvalue weighted by Crippen LogP contribution is -2.37. The highest BCUT2D eigenvalue weighted by molar-refractivity contribution is 5.78. The summed E-state index contributed by atoms with van der Waals surface area (Å²) in [5.41, 5.74) is 2.30. The summed E-state index contributed by atoms with van der Waals surface area (Å²) in [5, 5.41) is 3.00. The molecule has 1 aromatic carbocycles. The van der Waals surface area contributed by atoms with Gasteiger partial charge in [0, 0.05) is 19.6 Å². The van der Waals surface area contributed by atoms with Crippen LogP contribution in [-0.2, 0) is 16.0 Å². The summed E-state index contributed by atoms with van der Waals surface area (Å²) < 4.78 is 5.32. The average molecular weight is 290 g/mol. The average Bonchev–Trinajstić information content (AvgIpc) is 2.50.